The molecule has 1 heterocycles. The Morgan fingerprint density at radius 2 is 1.24 bits per heavy atom. The molecule has 4 amide bonds. The first-order chi connectivity index (χ1) is 27.9. The molecule has 0 radical (unpaired) electrons. The van der Waals surface area contributed by atoms with Gasteiger partial charge in [0.05, 0.1) is 12.1 Å². The van der Waals surface area contributed by atoms with Gasteiger partial charge in [0.1, 0.15) is 30.9 Å². The van der Waals surface area contributed by atoms with Crippen molar-refractivity contribution >= 4 is 53.3 Å². The zero-order valence-corrected chi connectivity index (χ0v) is 33.1. The van der Waals surface area contributed by atoms with E-state index in [1.54, 1.807) is 41.3 Å². The third-order valence-corrected chi connectivity index (χ3v) is 8.89. The second-order valence-corrected chi connectivity index (χ2v) is 13.3. The summed E-state index contributed by atoms with van der Waals surface area (Å²) in [5.74, 6) is -7.74. The number of Topliss-reactive ketones (excluding diaryl/α,β-unsaturated/α-hetero) is 1. The number of benzene rings is 1. The highest BCUT2D eigenvalue weighted by molar-refractivity contribution is 5.96. The van der Waals surface area contributed by atoms with Gasteiger partial charge in [-0.1, -0.05) is 24.3 Å². The van der Waals surface area contributed by atoms with Crippen molar-refractivity contribution in [3.8, 4) is 5.88 Å². The number of hydrogen-bond acceptors (Lipinski definition) is 13. The number of hydrogen-bond donors (Lipinski definition) is 7. The molecule has 0 fully saturated rings. The molecule has 4 atom stereocenters. The molecule has 2 aromatic rings. The minimum absolute atomic E-state index is 0.110. The molecule has 8 N–H and O–H groups in total. The largest absolute Gasteiger partial charge is 0.481 e. The molecular weight excluding hydrogens is 776 g/mol. The molecular formula is C39H52N6O14. The summed E-state index contributed by atoms with van der Waals surface area (Å²) in [5.41, 5.74) is 7.58. The Balaban J connectivity index is 1.80. The fraction of sp³-hybridized carbons (Fsp3) is 0.487. The first-order valence-electron chi connectivity index (χ1n) is 18.9. The Bertz CT molecular complexity index is 1800. The number of rotatable bonds is 27. The van der Waals surface area contributed by atoms with E-state index in [9.17, 15) is 53.4 Å². The average Bonchev–Trinajstić information content (AvgIpc) is 3.20. The van der Waals surface area contributed by atoms with E-state index >= 15 is 0 Å². The molecule has 59 heavy (non-hydrogen) atoms. The Kier molecular flexibility index (Phi) is 20.7. The van der Waals surface area contributed by atoms with Crippen LogP contribution in [0.3, 0.4) is 0 Å². The SMILES string of the molecule is CCN(CC)C(=O)c1cccnc1OCc1ccc(COC(=O)CCC(NC(=O)CCC(NC(=O)C(N)CCC(=O)NC(CCC(=O)O)C(=O)O)C(C)=O)C(=O)O)cc1. The summed E-state index contributed by atoms with van der Waals surface area (Å²) in [6.07, 6.45) is -1.22. The molecule has 4 unspecified atom stereocenters. The number of aromatic nitrogens is 1. The summed E-state index contributed by atoms with van der Waals surface area (Å²) in [5, 5.41) is 34.4. The van der Waals surface area contributed by atoms with E-state index in [4.69, 9.17) is 20.3 Å². The number of pyridine rings is 1. The number of aliphatic carboxylic acids is 3. The van der Waals surface area contributed by atoms with Gasteiger partial charge in [0, 0.05) is 45.0 Å². The number of carbonyl (C=O) groups is 9. The standard InChI is InChI=1S/C39H52N6O14/c1-4-45(5-2)37(53)26-7-6-20-41-36(26)59-22-25-10-8-24(9-11-25)21-58-34(51)19-15-30(39(56)57)43-32(48)17-13-28(23(3)46)44-35(52)27(40)12-16-31(47)42-29(38(54)55)14-18-33(49)50/h6-11,20,27-30H,4-5,12-19,21-22,40H2,1-3H3,(H,42,47)(H,43,48)(H,44,52)(H,49,50)(H,54,55)(H,56,57). The highest BCUT2D eigenvalue weighted by Gasteiger charge is 2.26. The third-order valence-electron chi connectivity index (χ3n) is 8.89. The predicted octanol–water partition coefficient (Wildman–Crippen LogP) is 0.931. The fourth-order valence-electron chi connectivity index (χ4n) is 5.40. The van der Waals surface area contributed by atoms with Gasteiger partial charge in [0.15, 0.2) is 5.78 Å². The number of nitrogens with two attached hydrogens (primary N) is 1. The number of carboxylic acids is 3. The highest BCUT2D eigenvalue weighted by Crippen LogP contribution is 2.19. The molecule has 1 aromatic carbocycles. The van der Waals surface area contributed by atoms with E-state index in [1.807, 2.05) is 13.8 Å². The third kappa shape index (κ3) is 17.7. The van der Waals surface area contributed by atoms with Crippen LogP contribution in [0.25, 0.3) is 0 Å². The summed E-state index contributed by atoms with van der Waals surface area (Å²) in [4.78, 5) is 115. The smallest absolute Gasteiger partial charge is 0.326 e. The lowest BCUT2D eigenvalue weighted by atomic mass is 10.0. The summed E-state index contributed by atoms with van der Waals surface area (Å²) in [6.45, 7) is 6.00. The van der Waals surface area contributed by atoms with Crippen molar-refractivity contribution in [3.63, 3.8) is 0 Å². The number of carboxylic acid groups (broad SMARTS) is 3. The van der Waals surface area contributed by atoms with Crippen LogP contribution in [0.5, 0.6) is 5.88 Å². The lowest BCUT2D eigenvalue weighted by Gasteiger charge is -2.20. The number of carbonyl (C=O) groups excluding carboxylic acids is 6. The Labute approximate surface area is 340 Å². The Morgan fingerprint density at radius 3 is 1.76 bits per heavy atom. The maximum atomic E-state index is 12.8. The lowest BCUT2D eigenvalue weighted by molar-refractivity contribution is -0.147. The maximum Gasteiger partial charge on any atom is 0.326 e. The van der Waals surface area contributed by atoms with E-state index in [-0.39, 0.29) is 69.9 Å². The monoisotopic (exact) mass is 828 g/mol. The van der Waals surface area contributed by atoms with Crippen LogP contribution in [-0.4, -0.2) is 116 Å². The average molecular weight is 829 g/mol. The van der Waals surface area contributed by atoms with Gasteiger partial charge in [0.2, 0.25) is 23.6 Å². The van der Waals surface area contributed by atoms with Crippen LogP contribution >= 0.6 is 0 Å². The van der Waals surface area contributed by atoms with Crippen LogP contribution in [0.1, 0.15) is 93.6 Å². The zero-order chi connectivity index (χ0) is 44.1. The second kappa shape index (κ2) is 25.0. The molecule has 20 nitrogen and oxygen atoms in total. The minimum atomic E-state index is -1.47. The number of esters is 1. The van der Waals surface area contributed by atoms with Crippen LogP contribution in [-0.2, 0) is 56.3 Å². The Hall–Kier alpha value is -6.44. The number of ether oxygens (including phenoxy) is 2. The van der Waals surface area contributed by atoms with Crippen molar-refractivity contribution < 1.29 is 67.9 Å². The van der Waals surface area contributed by atoms with E-state index in [2.05, 4.69) is 20.9 Å². The van der Waals surface area contributed by atoms with Crippen LogP contribution in [0.15, 0.2) is 42.6 Å². The van der Waals surface area contributed by atoms with Crippen molar-refractivity contribution in [1.82, 2.24) is 25.8 Å². The first kappa shape index (κ1) is 48.7. The normalized spacial score (nSPS) is 12.7. The highest BCUT2D eigenvalue weighted by atomic mass is 16.5. The van der Waals surface area contributed by atoms with E-state index < -0.39 is 78.0 Å². The summed E-state index contributed by atoms with van der Waals surface area (Å²) >= 11 is 0. The summed E-state index contributed by atoms with van der Waals surface area (Å²) < 4.78 is 11.1. The van der Waals surface area contributed by atoms with Crippen molar-refractivity contribution in [2.24, 2.45) is 5.73 Å². The molecule has 0 aliphatic heterocycles. The number of ketones is 1. The number of nitrogens with zero attached hydrogens (tertiary/aromatic N) is 2. The van der Waals surface area contributed by atoms with Crippen molar-refractivity contribution in [3.05, 3.63) is 59.3 Å². The summed E-state index contributed by atoms with van der Waals surface area (Å²) in [6, 6.07) is 4.81. The fourth-order valence-corrected chi connectivity index (χ4v) is 5.40. The van der Waals surface area contributed by atoms with E-state index in [0.717, 1.165) is 12.5 Å². The molecule has 0 spiro atoms. The van der Waals surface area contributed by atoms with Crippen molar-refractivity contribution in [2.45, 2.75) is 110 Å². The van der Waals surface area contributed by atoms with Crippen LogP contribution in [0, 0.1) is 0 Å². The minimum Gasteiger partial charge on any atom is -0.481 e. The lowest BCUT2D eigenvalue weighted by Crippen LogP contribution is -2.49. The van der Waals surface area contributed by atoms with Crippen LogP contribution in [0.2, 0.25) is 0 Å². The molecule has 0 bridgehead atoms. The molecule has 0 saturated carbocycles. The quantitative estimate of drug-likeness (QED) is 0.0616. The molecule has 0 aliphatic rings. The topological polar surface area (TPSA) is 311 Å². The van der Waals surface area contributed by atoms with Crippen LogP contribution in [0.4, 0.5) is 0 Å². The van der Waals surface area contributed by atoms with Gasteiger partial charge < -0.3 is 51.4 Å². The van der Waals surface area contributed by atoms with E-state index in [1.165, 1.54) is 6.20 Å². The van der Waals surface area contributed by atoms with Gasteiger partial charge in [0.25, 0.3) is 5.91 Å². The first-order valence-corrected chi connectivity index (χ1v) is 18.9. The summed E-state index contributed by atoms with van der Waals surface area (Å²) in [7, 11) is 0. The molecule has 2 rings (SSSR count). The van der Waals surface area contributed by atoms with Gasteiger partial charge in [-0.05, 0) is 69.7 Å². The molecule has 0 saturated heterocycles. The van der Waals surface area contributed by atoms with Gasteiger partial charge in [-0.3, -0.25) is 33.6 Å². The predicted molar refractivity (Wildman–Crippen MR) is 206 cm³/mol. The molecule has 1 aromatic heterocycles. The molecule has 322 valence electrons. The number of amides is 4. The maximum absolute atomic E-state index is 12.8. The van der Waals surface area contributed by atoms with Gasteiger partial charge in [-0.2, -0.15) is 0 Å². The van der Waals surface area contributed by atoms with Gasteiger partial charge in [-0.25, -0.2) is 14.6 Å². The number of nitrogens with one attached hydrogen (secondary N) is 3. The molecule has 0 aliphatic carbocycles. The Morgan fingerprint density at radius 1 is 0.712 bits per heavy atom. The van der Waals surface area contributed by atoms with Crippen molar-refractivity contribution in [1.29, 1.82) is 0 Å². The zero-order valence-electron chi connectivity index (χ0n) is 33.1. The second-order valence-electron chi connectivity index (χ2n) is 13.3. The van der Waals surface area contributed by atoms with E-state index in [0.29, 0.717) is 24.2 Å². The van der Waals surface area contributed by atoms with Crippen molar-refractivity contribution in [2.75, 3.05) is 13.1 Å². The van der Waals surface area contributed by atoms with Crippen LogP contribution < -0.4 is 26.4 Å². The van der Waals surface area contributed by atoms with Gasteiger partial charge in [-0.15, -0.1) is 0 Å². The molecule has 20 heteroatoms. The van der Waals surface area contributed by atoms with Gasteiger partial charge >= 0.3 is 23.9 Å².